The Morgan fingerprint density at radius 1 is 1.12 bits per heavy atom. The summed E-state index contributed by atoms with van der Waals surface area (Å²) in [5.41, 5.74) is 1.52. The van der Waals surface area contributed by atoms with Gasteiger partial charge in [0.2, 0.25) is 11.6 Å². The third kappa shape index (κ3) is 0.883. The number of fused-ring (bicyclic) bond motifs is 3. The van der Waals surface area contributed by atoms with E-state index < -0.39 is 5.41 Å². The summed E-state index contributed by atoms with van der Waals surface area (Å²) in [6, 6.07) is 7.57. The molecule has 1 aromatic heterocycles. The summed E-state index contributed by atoms with van der Waals surface area (Å²) in [5, 5.41) is 0.849. The highest BCUT2D eigenvalue weighted by Gasteiger charge is 2.47. The molecule has 1 N–H and O–H groups in total. The van der Waals surface area contributed by atoms with Crippen LogP contribution in [0.25, 0.3) is 10.9 Å². The van der Waals surface area contributed by atoms with Gasteiger partial charge in [0.05, 0.1) is 11.0 Å². The van der Waals surface area contributed by atoms with Crippen LogP contribution in [-0.2, 0) is 10.2 Å². The van der Waals surface area contributed by atoms with Crippen molar-refractivity contribution in [3.8, 4) is 0 Å². The van der Waals surface area contributed by atoms with Crippen LogP contribution in [0, 0.1) is 0 Å². The molecule has 1 aliphatic carbocycles. The molecule has 3 heteroatoms. The van der Waals surface area contributed by atoms with Gasteiger partial charge in [-0.2, -0.15) is 0 Å². The molecule has 2 aromatic rings. The van der Waals surface area contributed by atoms with Crippen molar-refractivity contribution in [3.63, 3.8) is 0 Å². The Hall–Kier alpha value is -1.90. The van der Waals surface area contributed by atoms with E-state index in [0.29, 0.717) is 5.56 Å². The Kier molecular flexibility index (Phi) is 1.52. The maximum Gasteiger partial charge on any atom is 0.232 e. The quantitative estimate of drug-likeness (QED) is 0.682. The van der Waals surface area contributed by atoms with Gasteiger partial charge in [0.25, 0.3) is 0 Å². The number of aromatic amines is 1. The minimum Gasteiger partial charge on any atom is -0.357 e. The van der Waals surface area contributed by atoms with Crippen molar-refractivity contribution in [2.75, 3.05) is 0 Å². The third-order valence-corrected chi connectivity index (χ3v) is 3.33. The van der Waals surface area contributed by atoms with E-state index in [1.165, 1.54) is 0 Å². The van der Waals surface area contributed by atoms with E-state index in [2.05, 4.69) is 4.98 Å². The standard InChI is InChI=1S/C13H11NO2/c1-13(2)11-9(10(15)12(13)16)7-5-3-4-6-8(7)14-11/h3-6,14H,1-2H3. The van der Waals surface area contributed by atoms with Gasteiger partial charge in [-0.1, -0.05) is 18.2 Å². The number of hydrogen-bond acceptors (Lipinski definition) is 2. The smallest absolute Gasteiger partial charge is 0.232 e. The van der Waals surface area contributed by atoms with E-state index in [4.69, 9.17) is 0 Å². The van der Waals surface area contributed by atoms with Gasteiger partial charge in [0.15, 0.2) is 0 Å². The number of carbonyl (C=O) groups excluding carboxylic acids is 2. The van der Waals surface area contributed by atoms with Crippen LogP contribution in [0.15, 0.2) is 24.3 Å². The lowest BCUT2D eigenvalue weighted by atomic mass is 9.89. The number of Topliss-reactive ketones (excluding diaryl/α,β-unsaturated/α-hetero) is 2. The van der Waals surface area contributed by atoms with Gasteiger partial charge in [-0.3, -0.25) is 9.59 Å². The summed E-state index contributed by atoms with van der Waals surface area (Å²) >= 11 is 0. The molecule has 0 radical (unpaired) electrons. The van der Waals surface area contributed by atoms with Gasteiger partial charge in [0, 0.05) is 16.6 Å². The average Bonchev–Trinajstić information content (AvgIpc) is 2.72. The van der Waals surface area contributed by atoms with Crippen molar-refractivity contribution >= 4 is 22.5 Å². The van der Waals surface area contributed by atoms with Crippen molar-refractivity contribution in [2.24, 2.45) is 0 Å². The van der Waals surface area contributed by atoms with Gasteiger partial charge >= 0.3 is 0 Å². The van der Waals surface area contributed by atoms with Crippen LogP contribution in [0.2, 0.25) is 0 Å². The summed E-state index contributed by atoms with van der Waals surface area (Å²) in [6.07, 6.45) is 0. The first-order valence-electron chi connectivity index (χ1n) is 5.24. The van der Waals surface area contributed by atoms with Crippen molar-refractivity contribution < 1.29 is 9.59 Å². The second-order valence-corrected chi connectivity index (χ2v) is 4.70. The fourth-order valence-corrected chi connectivity index (χ4v) is 2.36. The predicted octanol–water partition coefficient (Wildman–Crippen LogP) is 2.21. The van der Waals surface area contributed by atoms with Crippen LogP contribution >= 0.6 is 0 Å². The molecular formula is C13H11NO2. The first kappa shape index (κ1) is 9.33. The first-order chi connectivity index (χ1) is 7.53. The highest BCUT2D eigenvalue weighted by molar-refractivity contribution is 6.52. The molecule has 0 saturated carbocycles. The number of nitrogens with one attached hydrogen (secondary N) is 1. The molecular weight excluding hydrogens is 202 g/mol. The number of aromatic nitrogens is 1. The van der Waals surface area contributed by atoms with Crippen LogP contribution < -0.4 is 0 Å². The maximum absolute atomic E-state index is 11.9. The molecule has 1 aliphatic rings. The summed E-state index contributed by atoms with van der Waals surface area (Å²) in [5.74, 6) is -0.683. The second-order valence-electron chi connectivity index (χ2n) is 4.70. The van der Waals surface area contributed by atoms with E-state index >= 15 is 0 Å². The molecule has 0 fully saturated rings. The molecule has 0 bridgehead atoms. The minimum atomic E-state index is -0.717. The minimum absolute atomic E-state index is 0.320. The van der Waals surface area contributed by atoms with Crippen LogP contribution in [0.5, 0.6) is 0 Å². The average molecular weight is 213 g/mol. The fourth-order valence-electron chi connectivity index (χ4n) is 2.36. The lowest BCUT2D eigenvalue weighted by Gasteiger charge is -2.13. The van der Waals surface area contributed by atoms with Crippen LogP contribution in [0.1, 0.15) is 29.9 Å². The van der Waals surface area contributed by atoms with Gasteiger partial charge in [-0.25, -0.2) is 0 Å². The Morgan fingerprint density at radius 3 is 2.56 bits per heavy atom. The SMILES string of the molecule is CC1(C)C(=O)C(=O)c2c1[nH]c1ccccc21. The third-order valence-electron chi connectivity index (χ3n) is 3.33. The molecule has 0 saturated heterocycles. The number of para-hydroxylation sites is 1. The highest BCUT2D eigenvalue weighted by Crippen LogP contribution is 2.39. The normalized spacial score (nSPS) is 18.1. The summed E-state index contributed by atoms with van der Waals surface area (Å²) in [6.45, 7) is 3.57. The predicted molar refractivity (Wildman–Crippen MR) is 60.7 cm³/mol. The number of carbonyl (C=O) groups is 2. The van der Waals surface area contributed by atoms with Crippen molar-refractivity contribution in [2.45, 2.75) is 19.3 Å². The van der Waals surface area contributed by atoms with Crippen molar-refractivity contribution in [1.29, 1.82) is 0 Å². The topological polar surface area (TPSA) is 49.9 Å². The molecule has 80 valence electrons. The fraction of sp³-hybridized carbons (Fsp3) is 0.231. The monoisotopic (exact) mass is 213 g/mol. The number of ketones is 2. The zero-order chi connectivity index (χ0) is 11.5. The van der Waals surface area contributed by atoms with Gasteiger partial charge in [-0.05, 0) is 19.9 Å². The lowest BCUT2D eigenvalue weighted by molar-refractivity contribution is -0.118. The van der Waals surface area contributed by atoms with Crippen LogP contribution in [0.3, 0.4) is 0 Å². The molecule has 0 unspecified atom stereocenters. The molecule has 0 atom stereocenters. The zero-order valence-electron chi connectivity index (χ0n) is 9.13. The maximum atomic E-state index is 11.9. The lowest BCUT2D eigenvalue weighted by Crippen LogP contribution is -2.27. The Morgan fingerprint density at radius 2 is 1.81 bits per heavy atom. The molecule has 0 aliphatic heterocycles. The van der Waals surface area contributed by atoms with E-state index in [1.54, 1.807) is 13.8 Å². The second kappa shape index (κ2) is 2.61. The van der Waals surface area contributed by atoms with E-state index in [-0.39, 0.29) is 11.6 Å². The van der Waals surface area contributed by atoms with Gasteiger partial charge < -0.3 is 4.98 Å². The van der Waals surface area contributed by atoms with Gasteiger partial charge in [-0.15, -0.1) is 0 Å². The summed E-state index contributed by atoms with van der Waals surface area (Å²) in [7, 11) is 0. The summed E-state index contributed by atoms with van der Waals surface area (Å²) < 4.78 is 0. The molecule has 3 nitrogen and oxygen atoms in total. The number of rotatable bonds is 0. The number of benzene rings is 1. The Bertz CT molecular complexity index is 634. The number of H-pyrrole nitrogens is 1. The van der Waals surface area contributed by atoms with Crippen molar-refractivity contribution in [3.05, 3.63) is 35.5 Å². The highest BCUT2D eigenvalue weighted by atomic mass is 16.2. The largest absolute Gasteiger partial charge is 0.357 e. The van der Waals surface area contributed by atoms with E-state index in [0.717, 1.165) is 16.6 Å². The summed E-state index contributed by atoms with van der Waals surface area (Å²) in [4.78, 5) is 26.9. The van der Waals surface area contributed by atoms with Crippen LogP contribution in [-0.4, -0.2) is 16.6 Å². The number of hydrogen-bond donors (Lipinski definition) is 1. The molecule has 3 rings (SSSR count). The molecule has 0 spiro atoms. The Labute approximate surface area is 92.5 Å². The van der Waals surface area contributed by atoms with Crippen LogP contribution in [0.4, 0.5) is 0 Å². The Balaban J connectivity index is 2.47. The molecule has 1 aromatic carbocycles. The molecule has 16 heavy (non-hydrogen) atoms. The van der Waals surface area contributed by atoms with E-state index in [9.17, 15) is 9.59 Å². The first-order valence-corrected chi connectivity index (χ1v) is 5.24. The van der Waals surface area contributed by atoms with Crippen molar-refractivity contribution in [1.82, 2.24) is 4.98 Å². The zero-order valence-corrected chi connectivity index (χ0v) is 9.13. The van der Waals surface area contributed by atoms with E-state index in [1.807, 2.05) is 24.3 Å². The molecule has 0 amide bonds. The van der Waals surface area contributed by atoms with Gasteiger partial charge in [0.1, 0.15) is 0 Å². The molecule has 1 heterocycles.